The maximum Gasteiger partial charge on any atom is 0.311 e. The van der Waals surface area contributed by atoms with Crippen LogP contribution in [0.2, 0.25) is 10.0 Å². The van der Waals surface area contributed by atoms with Crippen LogP contribution >= 0.6 is 23.2 Å². The number of amides is 1. The van der Waals surface area contributed by atoms with Crippen molar-refractivity contribution in [1.82, 2.24) is 0 Å². The van der Waals surface area contributed by atoms with Crippen LogP contribution in [0.3, 0.4) is 0 Å². The lowest BCUT2D eigenvalue weighted by atomic mass is 10.1. The Balaban J connectivity index is 1.63. The van der Waals surface area contributed by atoms with E-state index in [9.17, 15) is 9.59 Å². The summed E-state index contributed by atoms with van der Waals surface area (Å²) in [6.07, 6.45) is 0.143. The highest BCUT2D eigenvalue weighted by atomic mass is 35.5. The number of anilines is 1. The van der Waals surface area contributed by atoms with E-state index in [4.69, 9.17) is 27.9 Å². The fraction of sp³-hybridized carbons (Fsp3) is 0.222. The second-order valence-electron chi connectivity index (χ2n) is 5.55. The van der Waals surface area contributed by atoms with Gasteiger partial charge in [-0.3, -0.25) is 9.59 Å². The molecule has 1 fully saturated rings. The van der Waals surface area contributed by atoms with Gasteiger partial charge in [0.15, 0.2) is 0 Å². The Kier molecular flexibility index (Phi) is 5.07. The third kappa shape index (κ3) is 3.55. The zero-order valence-corrected chi connectivity index (χ0v) is 14.3. The maximum absolute atomic E-state index is 12.3. The molecule has 2 aromatic rings. The third-order valence-electron chi connectivity index (χ3n) is 3.95. The molecule has 24 heavy (non-hydrogen) atoms. The minimum Gasteiger partial charge on any atom is -0.460 e. The minimum absolute atomic E-state index is 0.00658. The molecule has 0 unspecified atom stereocenters. The molecular weight excluding hydrogens is 349 g/mol. The van der Waals surface area contributed by atoms with E-state index < -0.39 is 11.9 Å². The van der Waals surface area contributed by atoms with Crippen LogP contribution in [0.25, 0.3) is 0 Å². The van der Waals surface area contributed by atoms with Crippen molar-refractivity contribution in [2.24, 2.45) is 5.92 Å². The van der Waals surface area contributed by atoms with Crippen LogP contribution in [0.5, 0.6) is 0 Å². The molecule has 0 aromatic heterocycles. The van der Waals surface area contributed by atoms with Crippen LogP contribution in [0.1, 0.15) is 12.0 Å². The van der Waals surface area contributed by atoms with Crippen molar-refractivity contribution in [1.29, 1.82) is 0 Å². The zero-order valence-electron chi connectivity index (χ0n) is 12.7. The Morgan fingerprint density at radius 1 is 1.08 bits per heavy atom. The van der Waals surface area contributed by atoms with E-state index in [-0.39, 0.29) is 18.9 Å². The molecule has 0 spiro atoms. The predicted molar refractivity (Wildman–Crippen MR) is 93.2 cm³/mol. The highest BCUT2D eigenvalue weighted by Crippen LogP contribution is 2.28. The van der Waals surface area contributed by atoms with Crippen molar-refractivity contribution < 1.29 is 14.3 Å². The van der Waals surface area contributed by atoms with E-state index in [1.807, 2.05) is 30.3 Å². The van der Waals surface area contributed by atoms with Gasteiger partial charge in [0.05, 0.1) is 5.92 Å². The Bertz CT molecular complexity index is 744. The van der Waals surface area contributed by atoms with Gasteiger partial charge >= 0.3 is 5.97 Å². The second kappa shape index (κ2) is 7.24. The van der Waals surface area contributed by atoms with Gasteiger partial charge in [-0.15, -0.1) is 0 Å². The molecule has 1 saturated heterocycles. The van der Waals surface area contributed by atoms with Gasteiger partial charge in [-0.25, -0.2) is 0 Å². The Labute approximate surface area is 149 Å². The molecule has 0 saturated carbocycles. The Morgan fingerprint density at radius 3 is 2.42 bits per heavy atom. The average molecular weight is 364 g/mol. The second-order valence-corrected chi connectivity index (χ2v) is 6.36. The third-order valence-corrected chi connectivity index (χ3v) is 4.65. The van der Waals surface area contributed by atoms with E-state index in [1.54, 1.807) is 23.1 Å². The summed E-state index contributed by atoms with van der Waals surface area (Å²) in [6, 6.07) is 14.4. The van der Waals surface area contributed by atoms with Gasteiger partial charge in [-0.1, -0.05) is 47.5 Å². The van der Waals surface area contributed by atoms with Crippen molar-refractivity contribution in [2.45, 2.75) is 13.0 Å². The number of nitrogens with zero attached hydrogens (tertiary/aromatic N) is 1. The van der Waals surface area contributed by atoms with Gasteiger partial charge < -0.3 is 9.64 Å². The van der Waals surface area contributed by atoms with Crippen LogP contribution < -0.4 is 4.90 Å². The van der Waals surface area contributed by atoms with Crippen LogP contribution in [-0.2, 0) is 20.9 Å². The first-order valence-corrected chi connectivity index (χ1v) is 8.27. The number of esters is 1. The maximum atomic E-state index is 12.3. The summed E-state index contributed by atoms with van der Waals surface area (Å²) >= 11 is 12.1. The molecule has 0 radical (unpaired) electrons. The minimum atomic E-state index is -0.487. The summed E-state index contributed by atoms with van der Waals surface area (Å²) in [7, 11) is 0. The van der Waals surface area contributed by atoms with Crippen LogP contribution in [0.4, 0.5) is 5.69 Å². The highest BCUT2D eigenvalue weighted by Gasteiger charge is 2.36. The molecular formula is C18H15Cl2NO3. The SMILES string of the molecule is O=C(OCc1c(Cl)cccc1Cl)[C@H]1CC(=O)N(c2ccccc2)C1. The molecule has 2 aromatic carbocycles. The summed E-state index contributed by atoms with van der Waals surface area (Å²) in [5.41, 5.74) is 1.35. The molecule has 6 heteroatoms. The molecule has 0 bridgehead atoms. The Hall–Kier alpha value is -2.04. The molecule has 1 atom stereocenters. The van der Waals surface area contributed by atoms with Gasteiger partial charge in [0.25, 0.3) is 0 Å². The summed E-state index contributed by atoms with van der Waals surface area (Å²) in [5.74, 6) is -0.990. The summed E-state index contributed by atoms with van der Waals surface area (Å²) in [4.78, 5) is 26.0. The first-order valence-electron chi connectivity index (χ1n) is 7.51. The smallest absolute Gasteiger partial charge is 0.311 e. The lowest BCUT2D eigenvalue weighted by Gasteiger charge is -2.16. The number of para-hydroxylation sites is 1. The van der Waals surface area contributed by atoms with Crippen LogP contribution in [0.15, 0.2) is 48.5 Å². The van der Waals surface area contributed by atoms with Crippen molar-refractivity contribution in [2.75, 3.05) is 11.4 Å². The van der Waals surface area contributed by atoms with Crippen molar-refractivity contribution in [3.8, 4) is 0 Å². The van der Waals surface area contributed by atoms with Gasteiger partial charge in [0.1, 0.15) is 6.61 Å². The molecule has 0 N–H and O–H groups in total. The quantitative estimate of drug-likeness (QED) is 0.768. The number of rotatable bonds is 4. The zero-order chi connectivity index (χ0) is 17.1. The predicted octanol–water partition coefficient (Wildman–Crippen LogP) is 4.09. The molecule has 0 aliphatic carbocycles. The summed E-state index contributed by atoms with van der Waals surface area (Å²) in [6.45, 7) is 0.311. The molecule has 1 amide bonds. The number of carbonyl (C=O) groups excluding carboxylic acids is 2. The first-order chi connectivity index (χ1) is 11.6. The highest BCUT2D eigenvalue weighted by molar-refractivity contribution is 6.35. The monoisotopic (exact) mass is 363 g/mol. The standard InChI is InChI=1S/C18H15Cl2NO3/c19-15-7-4-8-16(20)14(15)11-24-18(23)12-9-17(22)21(10-12)13-5-2-1-3-6-13/h1-8,12H,9-11H2/t12-/m0/s1. The van der Waals surface area contributed by atoms with E-state index in [0.717, 1.165) is 5.69 Å². The normalized spacial score (nSPS) is 17.2. The topological polar surface area (TPSA) is 46.6 Å². The van der Waals surface area contributed by atoms with E-state index in [2.05, 4.69) is 0 Å². The van der Waals surface area contributed by atoms with Crippen molar-refractivity contribution >= 4 is 40.8 Å². The van der Waals surface area contributed by atoms with Crippen LogP contribution in [-0.4, -0.2) is 18.4 Å². The van der Waals surface area contributed by atoms with E-state index in [0.29, 0.717) is 22.2 Å². The fourth-order valence-corrected chi connectivity index (χ4v) is 3.16. The number of benzene rings is 2. The molecule has 3 rings (SSSR count). The number of ether oxygens (including phenoxy) is 1. The van der Waals surface area contributed by atoms with Gasteiger partial charge in [0.2, 0.25) is 5.91 Å². The van der Waals surface area contributed by atoms with Crippen molar-refractivity contribution in [3.05, 3.63) is 64.1 Å². The van der Waals surface area contributed by atoms with Gasteiger partial charge in [-0.05, 0) is 24.3 Å². The van der Waals surface area contributed by atoms with Gasteiger partial charge in [-0.2, -0.15) is 0 Å². The largest absolute Gasteiger partial charge is 0.460 e. The average Bonchev–Trinajstić information content (AvgIpc) is 2.97. The first kappa shape index (κ1) is 16.8. The molecule has 4 nitrogen and oxygen atoms in total. The number of carbonyl (C=O) groups is 2. The van der Waals surface area contributed by atoms with E-state index in [1.165, 1.54) is 0 Å². The van der Waals surface area contributed by atoms with E-state index >= 15 is 0 Å². The number of hydrogen-bond donors (Lipinski definition) is 0. The summed E-state index contributed by atoms with van der Waals surface area (Å²) in [5, 5.41) is 0.896. The molecule has 1 aliphatic heterocycles. The molecule has 1 aliphatic rings. The lowest BCUT2D eigenvalue weighted by Crippen LogP contribution is -2.26. The van der Waals surface area contributed by atoms with Crippen LogP contribution in [0, 0.1) is 5.92 Å². The lowest BCUT2D eigenvalue weighted by molar-refractivity contribution is -0.149. The molecule has 1 heterocycles. The summed E-state index contributed by atoms with van der Waals surface area (Å²) < 4.78 is 5.32. The molecule has 124 valence electrons. The Morgan fingerprint density at radius 2 is 1.75 bits per heavy atom. The number of hydrogen-bond acceptors (Lipinski definition) is 3. The number of halogens is 2. The fourth-order valence-electron chi connectivity index (χ4n) is 2.65. The van der Waals surface area contributed by atoms with Gasteiger partial charge in [0, 0.05) is 34.3 Å². The van der Waals surface area contributed by atoms with Crippen molar-refractivity contribution in [3.63, 3.8) is 0 Å².